The number of nitrogens with zero attached hydrogens (tertiary/aromatic N) is 1. The first-order chi connectivity index (χ1) is 14.9. The van der Waals surface area contributed by atoms with Crippen molar-refractivity contribution >= 4 is 17.3 Å². The van der Waals surface area contributed by atoms with Crippen molar-refractivity contribution in [3.63, 3.8) is 0 Å². The second-order valence-electron chi connectivity index (χ2n) is 11.1. The zero-order valence-electron chi connectivity index (χ0n) is 20.9. The van der Waals surface area contributed by atoms with Crippen molar-refractivity contribution in [2.24, 2.45) is 22.7 Å². The first kappa shape index (κ1) is 24.6. The van der Waals surface area contributed by atoms with E-state index in [0.717, 1.165) is 55.5 Å². The number of aliphatic hydroxyl groups excluding tert-OH is 1. The molecule has 2 saturated carbocycles. The van der Waals surface area contributed by atoms with Crippen LogP contribution in [-0.2, 0) is 4.79 Å². The number of carbonyl (C=O) groups is 1. The molecule has 3 rings (SSSR count). The minimum atomic E-state index is -0.218. The second-order valence-corrected chi connectivity index (χ2v) is 11.1. The summed E-state index contributed by atoms with van der Waals surface area (Å²) in [6, 6.07) is 7.87. The highest BCUT2D eigenvalue weighted by molar-refractivity contribution is 5.99. The van der Waals surface area contributed by atoms with Crippen LogP contribution in [-0.4, -0.2) is 31.2 Å². The third-order valence-corrected chi connectivity index (χ3v) is 8.41. The Labute approximate surface area is 194 Å². The number of hydrogen-bond donors (Lipinski definition) is 2. The molecular weight excluding hydrogens is 396 g/mol. The maximum absolute atomic E-state index is 12.5. The number of fused-ring (bicyclic) bond motifs is 1. The normalized spacial score (nSPS) is 29.9. The van der Waals surface area contributed by atoms with Gasteiger partial charge in [-0.25, -0.2) is 0 Å². The van der Waals surface area contributed by atoms with Crippen LogP contribution in [0.4, 0.5) is 11.4 Å². The molecule has 2 aliphatic rings. The molecule has 0 heterocycles. The van der Waals surface area contributed by atoms with Crippen molar-refractivity contribution in [1.29, 1.82) is 0 Å². The average molecular weight is 439 g/mol. The molecule has 0 radical (unpaired) electrons. The number of hydrogen-bond acceptors (Lipinski definition) is 3. The number of benzene rings is 1. The lowest BCUT2D eigenvalue weighted by Crippen LogP contribution is -2.54. The second kappa shape index (κ2) is 9.43. The number of aliphatic hydroxyl groups is 1. The Morgan fingerprint density at radius 2 is 1.88 bits per heavy atom. The zero-order chi connectivity index (χ0) is 23.7. The van der Waals surface area contributed by atoms with Gasteiger partial charge in [0, 0.05) is 31.5 Å². The molecular formula is C28H42N2O2. The molecule has 1 aromatic carbocycles. The summed E-state index contributed by atoms with van der Waals surface area (Å²) in [4.78, 5) is 14.6. The molecule has 4 heteroatoms. The summed E-state index contributed by atoms with van der Waals surface area (Å²) in [6.45, 7) is 13.4. The number of rotatable bonds is 6. The highest BCUT2D eigenvalue weighted by atomic mass is 16.3. The van der Waals surface area contributed by atoms with Crippen LogP contribution in [0.15, 0.2) is 48.1 Å². The summed E-state index contributed by atoms with van der Waals surface area (Å²) in [5.41, 5.74) is 4.49. The largest absolute Gasteiger partial charge is 0.393 e. The Bertz CT molecular complexity index is 868. The molecule has 1 aromatic rings. The summed E-state index contributed by atoms with van der Waals surface area (Å²) in [5.74, 6) is 0.874. The smallest absolute Gasteiger partial charge is 0.248 e. The fourth-order valence-electron chi connectivity index (χ4n) is 6.39. The van der Waals surface area contributed by atoms with E-state index in [1.807, 2.05) is 43.3 Å². The van der Waals surface area contributed by atoms with Crippen molar-refractivity contribution in [3.8, 4) is 0 Å². The van der Waals surface area contributed by atoms with Gasteiger partial charge in [0.2, 0.25) is 5.91 Å². The Balaban J connectivity index is 1.63. The van der Waals surface area contributed by atoms with E-state index in [9.17, 15) is 9.90 Å². The molecule has 0 bridgehead atoms. The van der Waals surface area contributed by atoms with Gasteiger partial charge in [0.15, 0.2) is 0 Å². The maximum Gasteiger partial charge on any atom is 0.248 e. The molecule has 176 valence electrons. The molecule has 1 amide bonds. The number of anilines is 2. The van der Waals surface area contributed by atoms with Gasteiger partial charge in [-0.3, -0.25) is 4.79 Å². The van der Waals surface area contributed by atoms with Crippen LogP contribution in [0.25, 0.3) is 0 Å². The first-order valence-electron chi connectivity index (χ1n) is 12.1. The SMILES string of the molecule is C=C1CC[C@@H]2C(C)(C)[C@H](O)CC[C@@]2(C)[C@@H]1CCC(C)=CC(=O)Nc1ccc(N(C)C)cc1. The minimum absolute atomic E-state index is 0.0567. The van der Waals surface area contributed by atoms with Crippen LogP contribution >= 0.6 is 0 Å². The van der Waals surface area contributed by atoms with E-state index in [1.54, 1.807) is 6.08 Å². The van der Waals surface area contributed by atoms with E-state index in [0.29, 0.717) is 11.8 Å². The lowest BCUT2D eigenvalue weighted by Gasteiger charge is -2.59. The van der Waals surface area contributed by atoms with Crippen molar-refractivity contribution < 1.29 is 9.90 Å². The van der Waals surface area contributed by atoms with Gasteiger partial charge in [-0.2, -0.15) is 0 Å². The van der Waals surface area contributed by atoms with E-state index < -0.39 is 0 Å². The Hall–Kier alpha value is -2.07. The molecule has 4 nitrogen and oxygen atoms in total. The summed E-state index contributed by atoms with van der Waals surface area (Å²) >= 11 is 0. The van der Waals surface area contributed by atoms with Gasteiger partial charge in [-0.05, 0) is 92.4 Å². The summed E-state index contributed by atoms with van der Waals surface area (Å²) in [6.07, 6.45) is 7.52. The number of nitrogens with one attached hydrogen (secondary N) is 1. The topological polar surface area (TPSA) is 52.6 Å². The van der Waals surface area contributed by atoms with Crippen molar-refractivity contribution in [2.75, 3.05) is 24.3 Å². The van der Waals surface area contributed by atoms with Crippen LogP contribution < -0.4 is 10.2 Å². The van der Waals surface area contributed by atoms with Crippen LogP contribution in [0.5, 0.6) is 0 Å². The monoisotopic (exact) mass is 438 g/mol. The number of allylic oxidation sites excluding steroid dienone is 2. The number of carbonyl (C=O) groups excluding carboxylic acids is 1. The van der Waals surface area contributed by atoms with Gasteiger partial charge < -0.3 is 15.3 Å². The predicted octanol–water partition coefficient (Wildman–Crippen LogP) is 6.19. The molecule has 0 aliphatic heterocycles. The quantitative estimate of drug-likeness (QED) is 0.411. The molecule has 0 unspecified atom stereocenters. The highest BCUT2D eigenvalue weighted by Gasteiger charge is 2.55. The molecule has 32 heavy (non-hydrogen) atoms. The molecule has 2 N–H and O–H groups in total. The molecule has 2 aliphatic carbocycles. The third-order valence-electron chi connectivity index (χ3n) is 8.41. The van der Waals surface area contributed by atoms with Crippen molar-refractivity contribution in [3.05, 3.63) is 48.1 Å². The van der Waals surface area contributed by atoms with Crippen LogP contribution in [0.2, 0.25) is 0 Å². The average Bonchev–Trinajstić information content (AvgIpc) is 2.71. The lowest BCUT2D eigenvalue weighted by molar-refractivity contribution is -0.124. The highest BCUT2D eigenvalue weighted by Crippen LogP contribution is 2.61. The molecule has 0 aromatic heterocycles. The van der Waals surface area contributed by atoms with Crippen LogP contribution in [0.1, 0.15) is 66.2 Å². The van der Waals surface area contributed by atoms with E-state index in [4.69, 9.17) is 0 Å². The van der Waals surface area contributed by atoms with Gasteiger partial charge in [-0.1, -0.05) is 38.5 Å². The predicted molar refractivity (Wildman–Crippen MR) is 135 cm³/mol. The van der Waals surface area contributed by atoms with E-state index >= 15 is 0 Å². The zero-order valence-corrected chi connectivity index (χ0v) is 20.9. The Morgan fingerprint density at radius 1 is 1.22 bits per heavy atom. The van der Waals surface area contributed by atoms with Gasteiger partial charge in [0.1, 0.15) is 0 Å². The molecule has 2 fully saturated rings. The molecule has 0 saturated heterocycles. The minimum Gasteiger partial charge on any atom is -0.393 e. The van der Waals surface area contributed by atoms with Crippen molar-refractivity contribution in [1.82, 2.24) is 0 Å². The lowest BCUT2D eigenvalue weighted by atomic mass is 9.46. The molecule has 0 spiro atoms. The van der Waals surface area contributed by atoms with Gasteiger partial charge in [-0.15, -0.1) is 0 Å². The maximum atomic E-state index is 12.5. The van der Waals surface area contributed by atoms with Crippen molar-refractivity contribution in [2.45, 2.75) is 72.3 Å². The van der Waals surface area contributed by atoms with E-state index in [2.05, 4.69) is 39.6 Å². The Morgan fingerprint density at radius 3 is 2.50 bits per heavy atom. The van der Waals surface area contributed by atoms with Gasteiger partial charge >= 0.3 is 0 Å². The van der Waals surface area contributed by atoms with Crippen LogP contribution in [0, 0.1) is 22.7 Å². The van der Waals surface area contributed by atoms with Gasteiger partial charge in [0.05, 0.1) is 6.10 Å². The Kier molecular flexibility index (Phi) is 7.24. The fraction of sp³-hybridized carbons (Fsp3) is 0.607. The summed E-state index contributed by atoms with van der Waals surface area (Å²) < 4.78 is 0. The van der Waals surface area contributed by atoms with Gasteiger partial charge in [0.25, 0.3) is 0 Å². The number of amides is 1. The summed E-state index contributed by atoms with van der Waals surface area (Å²) in [5, 5.41) is 13.6. The fourth-order valence-corrected chi connectivity index (χ4v) is 6.39. The standard InChI is InChI=1S/C28H42N2O2/c1-19(18-26(32)29-21-10-12-22(13-11-21)30(6)7)8-14-23-20(2)9-15-24-27(3,4)25(31)16-17-28(23,24)5/h10-13,18,23-25,31H,2,8-9,14-17H2,1,3-7H3,(H,29,32)/t23-,24-,25-,28+/m1/s1. The molecule has 4 atom stereocenters. The summed E-state index contributed by atoms with van der Waals surface area (Å²) in [7, 11) is 4.00. The first-order valence-corrected chi connectivity index (χ1v) is 12.1. The van der Waals surface area contributed by atoms with Crippen LogP contribution in [0.3, 0.4) is 0 Å². The third kappa shape index (κ3) is 4.96. The van der Waals surface area contributed by atoms with E-state index in [-0.39, 0.29) is 22.8 Å². The van der Waals surface area contributed by atoms with E-state index in [1.165, 1.54) is 5.57 Å².